The Hall–Kier alpha value is -2.08. The number of aliphatic hydroxyl groups is 1. The van der Waals surface area contributed by atoms with Crippen LogP contribution in [0, 0.1) is 13.8 Å². The van der Waals surface area contributed by atoms with E-state index in [1.807, 2.05) is 19.9 Å². The van der Waals surface area contributed by atoms with Gasteiger partial charge >= 0.3 is 5.97 Å². The van der Waals surface area contributed by atoms with Gasteiger partial charge in [-0.2, -0.15) is 0 Å². The van der Waals surface area contributed by atoms with Crippen LogP contribution in [0.1, 0.15) is 18.1 Å². The molecule has 0 saturated heterocycles. The third-order valence-electron chi connectivity index (χ3n) is 2.66. The van der Waals surface area contributed by atoms with Crippen molar-refractivity contribution in [2.75, 3.05) is 13.2 Å². The highest BCUT2D eigenvalue weighted by molar-refractivity contribution is 5.80. The van der Waals surface area contributed by atoms with Gasteiger partial charge in [0.15, 0.2) is 12.2 Å². The van der Waals surface area contributed by atoms with Gasteiger partial charge in [-0.15, -0.1) is 0 Å². The molecule has 1 aromatic carbocycles. The Labute approximate surface area is 117 Å². The number of aliphatic carboxylic acids is 1. The maximum absolute atomic E-state index is 11.5. The van der Waals surface area contributed by atoms with E-state index < -0.39 is 17.5 Å². The SMILES string of the molecule is Cc1cc(C)cc(OCC(=O)NCC(C)(O)C(=O)O)c1. The minimum Gasteiger partial charge on any atom is -0.484 e. The van der Waals surface area contributed by atoms with Crippen molar-refractivity contribution in [2.45, 2.75) is 26.4 Å². The second-order valence-corrected chi connectivity index (χ2v) is 4.97. The van der Waals surface area contributed by atoms with E-state index in [0.717, 1.165) is 18.1 Å². The Kier molecular flexibility index (Phi) is 5.10. The Balaban J connectivity index is 2.46. The molecule has 0 aliphatic carbocycles. The molecule has 1 amide bonds. The molecule has 20 heavy (non-hydrogen) atoms. The fourth-order valence-electron chi connectivity index (χ4n) is 1.56. The lowest BCUT2D eigenvalue weighted by Crippen LogP contribution is -2.47. The van der Waals surface area contributed by atoms with Crippen LogP contribution in [0.5, 0.6) is 5.75 Å². The van der Waals surface area contributed by atoms with Crippen molar-refractivity contribution in [1.29, 1.82) is 0 Å². The van der Waals surface area contributed by atoms with Gasteiger partial charge in [-0.3, -0.25) is 4.79 Å². The molecule has 110 valence electrons. The third kappa shape index (κ3) is 4.89. The molecule has 6 nitrogen and oxygen atoms in total. The molecular weight excluding hydrogens is 262 g/mol. The highest BCUT2D eigenvalue weighted by Crippen LogP contribution is 2.15. The topological polar surface area (TPSA) is 95.9 Å². The Morgan fingerprint density at radius 1 is 1.25 bits per heavy atom. The van der Waals surface area contributed by atoms with Crippen LogP contribution >= 0.6 is 0 Å². The molecule has 0 aromatic heterocycles. The lowest BCUT2D eigenvalue weighted by molar-refractivity contribution is -0.156. The molecule has 1 aromatic rings. The zero-order valence-corrected chi connectivity index (χ0v) is 11.8. The van der Waals surface area contributed by atoms with Gasteiger partial charge in [0.1, 0.15) is 5.75 Å². The number of amides is 1. The number of rotatable bonds is 6. The first-order valence-corrected chi connectivity index (χ1v) is 6.14. The molecule has 0 saturated carbocycles. The molecule has 3 N–H and O–H groups in total. The van der Waals surface area contributed by atoms with Gasteiger partial charge in [0.25, 0.3) is 5.91 Å². The highest BCUT2D eigenvalue weighted by Gasteiger charge is 2.30. The van der Waals surface area contributed by atoms with Crippen molar-refractivity contribution in [3.8, 4) is 5.75 Å². The summed E-state index contributed by atoms with van der Waals surface area (Å²) in [6.07, 6.45) is 0. The maximum atomic E-state index is 11.5. The normalized spacial score (nSPS) is 13.4. The zero-order chi connectivity index (χ0) is 15.3. The summed E-state index contributed by atoms with van der Waals surface area (Å²) in [5.74, 6) is -1.32. The number of nitrogens with one attached hydrogen (secondary N) is 1. The first-order chi connectivity index (χ1) is 9.20. The second-order valence-electron chi connectivity index (χ2n) is 4.97. The molecule has 0 radical (unpaired) electrons. The van der Waals surface area contributed by atoms with Crippen molar-refractivity contribution in [3.05, 3.63) is 29.3 Å². The predicted molar refractivity (Wildman–Crippen MR) is 72.7 cm³/mol. The monoisotopic (exact) mass is 281 g/mol. The summed E-state index contributed by atoms with van der Waals surface area (Å²) < 4.78 is 5.31. The average Bonchev–Trinajstić information content (AvgIpc) is 2.32. The van der Waals surface area contributed by atoms with Gasteiger partial charge in [0, 0.05) is 0 Å². The molecule has 1 atom stereocenters. The quantitative estimate of drug-likeness (QED) is 0.711. The summed E-state index contributed by atoms with van der Waals surface area (Å²) in [6.45, 7) is 4.34. The van der Waals surface area contributed by atoms with Gasteiger partial charge in [-0.25, -0.2) is 4.79 Å². The van der Waals surface area contributed by atoms with E-state index in [2.05, 4.69) is 5.32 Å². The van der Waals surface area contributed by atoms with Crippen molar-refractivity contribution in [3.63, 3.8) is 0 Å². The van der Waals surface area contributed by atoms with Crippen molar-refractivity contribution >= 4 is 11.9 Å². The van der Waals surface area contributed by atoms with Gasteiger partial charge in [0.2, 0.25) is 0 Å². The van der Waals surface area contributed by atoms with E-state index >= 15 is 0 Å². The van der Waals surface area contributed by atoms with Crippen LogP contribution in [0.2, 0.25) is 0 Å². The molecule has 0 fully saturated rings. The summed E-state index contributed by atoms with van der Waals surface area (Å²) in [5.41, 5.74) is 0.0544. The van der Waals surface area contributed by atoms with Crippen LogP contribution in [0.25, 0.3) is 0 Å². The Morgan fingerprint density at radius 3 is 2.30 bits per heavy atom. The standard InChI is InChI=1S/C14H19NO5/c1-9-4-10(2)6-11(5-9)20-7-12(16)15-8-14(3,19)13(17)18/h4-6,19H,7-8H2,1-3H3,(H,15,16)(H,17,18). The molecule has 0 bridgehead atoms. The van der Waals surface area contributed by atoms with Crippen LogP contribution in [0.15, 0.2) is 18.2 Å². The molecule has 6 heteroatoms. The number of hydrogen-bond acceptors (Lipinski definition) is 4. The van der Waals surface area contributed by atoms with E-state index in [9.17, 15) is 14.7 Å². The summed E-state index contributed by atoms with van der Waals surface area (Å²) in [7, 11) is 0. The first-order valence-electron chi connectivity index (χ1n) is 6.14. The molecule has 1 unspecified atom stereocenters. The Morgan fingerprint density at radius 2 is 1.80 bits per heavy atom. The summed E-state index contributed by atoms with van der Waals surface area (Å²) in [4.78, 5) is 22.2. The third-order valence-corrected chi connectivity index (χ3v) is 2.66. The smallest absolute Gasteiger partial charge is 0.337 e. The van der Waals surface area contributed by atoms with E-state index in [4.69, 9.17) is 9.84 Å². The number of carbonyl (C=O) groups is 2. The summed E-state index contributed by atoms with van der Waals surface area (Å²) in [6, 6.07) is 5.58. The van der Waals surface area contributed by atoms with Crippen LogP contribution in [-0.4, -0.2) is 40.8 Å². The van der Waals surface area contributed by atoms with E-state index in [1.54, 1.807) is 12.1 Å². The molecule has 0 aliphatic heterocycles. The number of carbonyl (C=O) groups excluding carboxylic acids is 1. The lowest BCUT2D eigenvalue weighted by Gasteiger charge is -2.18. The second kappa shape index (κ2) is 6.38. The number of ether oxygens (including phenoxy) is 1. The number of aryl methyl sites for hydroxylation is 2. The van der Waals surface area contributed by atoms with Crippen LogP contribution in [0.4, 0.5) is 0 Å². The highest BCUT2D eigenvalue weighted by atomic mass is 16.5. The molecule has 0 heterocycles. The summed E-state index contributed by atoms with van der Waals surface area (Å²) >= 11 is 0. The molecular formula is C14H19NO5. The lowest BCUT2D eigenvalue weighted by atomic mass is 10.1. The van der Waals surface area contributed by atoms with Gasteiger partial charge in [-0.05, 0) is 44.0 Å². The van der Waals surface area contributed by atoms with Crippen molar-refractivity contribution < 1.29 is 24.5 Å². The average molecular weight is 281 g/mol. The van der Waals surface area contributed by atoms with Crippen LogP contribution in [0.3, 0.4) is 0 Å². The van der Waals surface area contributed by atoms with Gasteiger partial charge in [-0.1, -0.05) is 6.07 Å². The van der Waals surface area contributed by atoms with E-state index in [0.29, 0.717) is 5.75 Å². The van der Waals surface area contributed by atoms with E-state index in [1.165, 1.54) is 0 Å². The fraction of sp³-hybridized carbons (Fsp3) is 0.429. The fourth-order valence-corrected chi connectivity index (χ4v) is 1.56. The number of carboxylic acids is 1. The maximum Gasteiger partial charge on any atom is 0.337 e. The van der Waals surface area contributed by atoms with Gasteiger partial charge < -0.3 is 20.3 Å². The van der Waals surface area contributed by atoms with Crippen LogP contribution < -0.4 is 10.1 Å². The summed E-state index contributed by atoms with van der Waals surface area (Å²) in [5, 5.41) is 20.4. The van der Waals surface area contributed by atoms with Crippen LogP contribution in [-0.2, 0) is 9.59 Å². The van der Waals surface area contributed by atoms with Gasteiger partial charge in [0.05, 0.1) is 6.54 Å². The zero-order valence-electron chi connectivity index (χ0n) is 11.8. The minimum atomic E-state index is -1.99. The predicted octanol–water partition coefficient (Wildman–Crippen LogP) is 0.634. The molecule has 0 spiro atoms. The number of carboxylic acid groups (broad SMARTS) is 1. The molecule has 0 aliphatic rings. The first kappa shape index (κ1) is 16.0. The van der Waals surface area contributed by atoms with Crippen molar-refractivity contribution in [1.82, 2.24) is 5.32 Å². The number of benzene rings is 1. The largest absolute Gasteiger partial charge is 0.484 e. The number of hydrogen-bond donors (Lipinski definition) is 3. The minimum absolute atomic E-state index is 0.238. The molecule has 1 rings (SSSR count). The van der Waals surface area contributed by atoms with E-state index in [-0.39, 0.29) is 13.2 Å². The van der Waals surface area contributed by atoms with Crippen molar-refractivity contribution in [2.24, 2.45) is 0 Å². The Bertz CT molecular complexity index is 490.